The molecule has 0 bridgehead atoms. The first-order chi connectivity index (χ1) is 7.36. The zero-order chi connectivity index (χ0) is 12.3. The summed E-state index contributed by atoms with van der Waals surface area (Å²) in [4.78, 5) is 11.2. The van der Waals surface area contributed by atoms with Crippen LogP contribution in [0.1, 0.15) is 20.8 Å². The van der Waals surface area contributed by atoms with Gasteiger partial charge in [-0.1, -0.05) is 32.5 Å². The summed E-state index contributed by atoms with van der Waals surface area (Å²) >= 11 is 5.98. The lowest BCUT2D eigenvalue weighted by Crippen LogP contribution is -2.24. The first kappa shape index (κ1) is 13.7. The van der Waals surface area contributed by atoms with Crippen LogP contribution in [-0.2, 0) is 7.05 Å². The monoisotopic (exact) mass is 261 g/mol. The molecule has 1 N–H and O–H groups in total. The number of rotatable bonds is 4. The lowest BCUT2D eigenvalue weighted by atomic mass is 9.83. The Hall–Kier alpha value is -0.360. The van der Waals surface area contributed by atoms with Crippen LogP contribution >= 0.6 is 24.4 Å². The zero-order valence-corrected chi connectivity index (χ0v) is 11.9. The average Bonchev–Trinajstić information content (AvgIpc) is 2.48. The Bertz CT molecular complexity index is 392. The summed E-state index contributed by atoms with van der Waals surface area (Å²) < 4.78 is 1.53. The first-order valence-electron chi connectivity index (χ1n) is 5.21. The molecule has 0 amide bonds. The van der Waals surface area contributed by atoms with Crippen LogP contribution in [0.2, 0.25) is 0 Å². The smallest absolute Gasteiger partial charge is 0.273 e. The summed E-state index contributed by atoms with van der Waals surface area (Å²) in [7, 11) is 1.72. The fraction of sp³-hybridized carbons (Fsp3) is 0.800. The second-order valence-corrected chi connectivity index (χ2v) is 6.28. The van der Waals surface area contributed by atoms with E-state index in [9.17, 15) is 4.79 Å². The second-order valence-electron chi connectivity index (χ2n) is 4.93. The molecule has 1 atom stereocenters. The summed E-state index contributed by atoms with van der Waals surface area (Å²) in [5.74, 6) is 2.26. The van der Waals surface area contributed by atoms with Crippen LogP contribution in [-0.4, -0.2) is 26.3 Å². The summed E-state index contributed by atoms with van der Waals surface area (Å²) in [5, 5.41) is 7.14. The maximum absolute atomic E-state index is 11.2. The third-order valence-electron chi connectivity index (χ3n) is 2.70. The first-order valence-corrected chi connectivity index (χ1v) is 6.83. The van der Waals surface area contributed by atoms with Gasteiger partial charge in [0.15, 0.2) is 5.16 Å². The molecule has 0 saturated heterocycles. The number of hydrogen-bond acceptors (Lipinski definition) is 4. The molecule has 0 saturated carbocycles. The highest BCUT2D eigenvalue weighted by atomic mass is 32.2. The van der Waals surface area contributed by atoms with Crippen LogP contribution in [0.3, 0.4) is 0 Å². The Balaban J connectivity index is 2.63. The SMILES string of the molecule is Cn1c(SCC(CS)C(C)(C)C)n[nH]c1=O. The van der Waals surface area contributed by atoms with Crippen molar-refractivity contribution >= 4 is 24.4 Å². The maximum atomic E-state index is 11.2. The van der Waals surface area contributed by atoms with E-state index in [0.29, 0.717) is 5.92 Å². The Morgan fingerprint density at radius 1 is 1.56 bits per heavy atom. The largest absolute Gasteiger partial charge is 0.343 e. The molecule has 0 aromatic carbocycles. The molecule has 0 aliphatic rings. The molecule has 4 nitrogen and oxygen atoms in total. The van der Waals surface area contributed by atoms with E-state index in [-0.39, 0.29) is 11.1 Å². The van der Waals surface area contributed by atoms with Gasteiger partial charge in [0.25, 0.3) is 0 Å². The maximum Gasteiger partial charge on any atom is 0.343 e. The van der Waals surface area contributed by atoms with Crippen molar-refractivity contribution in [3.05, 3.63) is 10.5 Å². The van der Waals surface area contributed by atoms with Crippen molar-refractivity contribution < 1.29 is 0 Å². The number of nitrogens with zero attached hydrogens (tertiary/aromatic N) is 2. The minimum absolute atomic E-state index is 0.166. The van der Waals surface area contributed by atoms with Crippen molar-refractivity contribution in [2.45, 2.75) is 25.9 Å². The third-order valence-corrected chi connectivity index (χ3v) is 4.33. The Labute approximate surface area is 106 Å². The lowest BCUT2D eigenvalue weighted by molar-refractivity contribution is 0.294. The molecular weight excluding hydrogens is 242 g/mol. The zero-order valence-electron chi connectivity index (χ0n) is 10.1. The van der Waals surface area contributed by atoms with Crippen molar-refractivity contribution in [1.82, 2.24) is 14.8 Å². The molecule has 1 aromatic heterocycles. The molecular formula is C10H19N3OS2. The van der Waals surface area contributed by atoms with E-state index in [0.717, 1.165) is 16.7 Å². The fourth-order valence-corrected chi connectivity index (χ4v) is 3.42. The topological polar surface area (TPSA) is 50.7 Å². The van der Waals surface area contributed by atoms with Gasteiger partial charge in [0, 0.05) is 12.8 Å². The molecule has 1 unspecified atom stereocenters. The Kier molecular flexibility index (Phi) is 4.55. The average molecular weight is 261 g/mol. The number of nitrogens with one attached hydrogen (secondary N) is 1. The Morgan fingerprint density at radius 2 is 2.19 bits per heavy atom. The minimum atomic E-state index is -0.166. The lowest BCUT2D eigenvalue weighted by Gasteiger charge is -2.28. The highest BCUT2D eigenvalue weighted by Crippen LogP contribution is 2.31. The molecule has 1 heterocycles. The van der Waals surface area contributed by atoms with Crippen LogP contribution in [0.5, 0.6) is 0 Å². The molecule has 0 aliphatic carbocycles. The Morgan fingerprint density at radius 3 is 2.56 bits per heavy atom. The number of H-pyrrole nitrogens is 1. The number of hydrogen-bond donors (Lipinski definition) is 2. The van der Waals surface area contributed by atoms with Gasteiger partial charge in [-0.2, -0.15) is 12.6 Å². The molecule has 1 rings (SSSR count). The molecule has 1 aromatic rings. The molecule has 0 fully saturated rings. The van der Waals surface area contributed by atoms with E-state index in [2.05, 4.69) is 43.6 Å². The predicted octanol–water partition coefficient (Wildman–Crippen LogP) is 1.79. The fourth-order valence-electron chi connectivity index (χ4n) is 1.21. The van der Waals surface area contributed by atoms with E-state index >= 15 is 0 Å². The van der Waals surface area contributed by atoms with E-state index in [1.165, 1.54) is 4.57 Å². The van der Waals surface area contributed by atoms with Crippen molar-refractivity contribution in [3.8, 4) is 0 Å². The van der Waals surface area contributed by atoms with Crippen molar-refractivity contribution in [2.75, 3.05) is 11.5 Å². The van der Waals surface area contributed by atoms with Crippen LogP contribution in [0.25, 0.3) is 0 Å². The minimum Gasteiger partial charge on any atom is -0.273 e. The molecule has 0 radical (unpaired) electrons. The van der Waals surface area contributed by atoms with Gasteiger partial charge in [-0.15, -0.1) is 5.10 Å². The highest BCUT2D eigenvalue weighted by molar-refractivity contribution is 7.99. The number of thioether (sulfide) groups is 1. The predicted molar refractivity (Wildman–Crippen MR) is 71.4 cm³/mol. The summed E-state index contributed by atoms with van der Waals surface area (Å²) in [6.07, 6.45) is 0. The van der Waals surface area contributed by atoms with Crippen molar-refractivity contribution in [1.29, 1.82) is 0 Å². The van der Waals surface area contributed by atoms with Gasteiger partial charge >= 0.3 is 5.69 Å². The van der Waals surface area contributed by atoms with Crippen LogP contribution in [0.15, 0.2) is 9.95 Å². The standard InChI is InChI=1S/C10H19N3OS2/c1-10(2,3)7(5-15)6-16-9-12-11-8(14)13(9)4/h7,15H,5-6H2,1-4H3,(H,11,14). The van der Waals surface area contributed by atoms with Crippen LogP contribution in [0, 0.1) is 11.3 Å². The summed E-state index contributed by atoms with van der Waals surface area (Å²) in [5.41, 5.74) is 0.0601. The molecule has 16 heavy (non-hydrogen) atoms. The summed E-state index contributed by atoms with van der Waals surface area (Å²) in [6, 6.07) is 0. The third kappa shape index (κ3) is 3.31. The van der Waals surface area contributed by atoms with Gasteiger partial charge in [-0.25, -0.2) is 9.89 Å². The van der Waals surface area contributed by atoms with Gasteiger partial charge in [-0.3, -0.25) is 4.57 Å². The van der Waals surface area contributed by atoms with Gasteiger partial charge in [0.2, 0.25) is 0 Å². The molecule has 0 aliphatic heterocycles. The molecule has 0 spiro atoms. The quantitative estimate of drug-likeness (QED) is 0.642. The van der Waals surface area contributed by atoms with E-state index in [1.54, 1.807) is 18.8 Å². The molecule has 92 valence electrons. The van der Waals surface area contributed by atoms with Gasteiger partial charge in [0.1, 0.15) is 0 Å². The normalized spacial score (nSPS) is 14.1. The van der Waals surface area contributed by atoms with Gasteiger partial charge in [-0.05, 0) is 17.1 Å². The highest BCUT2D eigenvalue weighted by Gasteiger charge is 2.24. The van der Waals surface area contributed by atoms with E-state index < -0.39 is 0 Å². The number of aromatic nitrogens is 3. The van der Waals surface area contributed by atoms with Crippen molar-refractivity contribution in [2.24, 2.45) is 18.4 Å². The second kappa shape index (κ2) is 5.31. The van der Waals surface area contributed by atoms with Crippen LogP contribution < -0.4 is 5.69 Å². The van der Waals surface area contributed by atoms with Gasteiger partial charge < -0.3 is 0 Å². The van der Waals surface area contributed by atoms with E-state index in [1.807, 2.05) is 0 Å². The van der Waals surface area contributed by atoms with Gasteiger partial charge in [0.05, 0.1) is 0 Å². The summed E-state index contributed by atoms with van der Waals surface area (Å²) in [6.45, 7) is 6.62. The number of thiol groups is 1. The number of aromatic amines is 1. The molecule has 6 heteroatoms. The van der Waals surface area contributed by atoms with Crippen molar-refractivity contribution in [3.63, 3.8) is 0 Å². The van der Waals surface area contributed by atoms with Crippen LogP contribution in [0.4, 0.5) is 0 Å². The van der Waals surface area contributed by atoms with E-state index in [4.69, 9.17) is 0 Å².